The zero-order valence-electron chi connectivity index (χ0n) is 13.1. The van der Waals surface area contributed by atoms with E-state index in [1.807, 2.05) is 24.3 Å². The van der Waals surface area contributed by atoms with Crippen LogP contribution in [0.4, 0.5) is 5.69 Å². The molecule has 0 aliphatic carbocycles. The molecule has 0 spiro atoms. The number of anilines is 1. The Bertz CT molecular complexity index is 883. The summed E-state index contributed by atoms with van der Waals surface area (Å²) in [6.45, 7) is 1.75. The van der Waals surface area contributed by atoms with Crippen molar-refractivity contribution in [2.75, 3.05) is 5.32 Å². The van der Waals surface area contributed by atoms with E-state index in [1.165, 1.54) is 0 Å². The fraction of sp³-hybridized carbons (Fsp3) is 0.118. The number of thioether (sulfide) groups is 1. The Labute approximate surface area is 156 Å². The van der Waals surface area contributed by atoms with Gasteiger partial charge >= 0.3 is 0 Å². The maximum atomic E-state index is 12.3. The van der Waals surface area contributed by atoms with Gasteiger partial charge in [-0.25, -0.2) is 0 Å². The lowest BCUT2D eigenvalue weighted by molar-refractivity contribution is -0.115. The monoisotopic (exact) mass is 419 g/mol. The topological polar surface area (TPSA) is 88.2 Å². The third-order valence-electron chi connectivity index (χ3n) is 3.30. The van der Waals surface area contributed by atoms with Crippen molar-refractivity contribution in [2.45, 2.75) is 17.4 Å². The van der Waals surface area contributed by atoms with E-state index < -0.39 is 5.25 Å². The van der Waals surface area contributed by atoms with Crippen LogP contribution in [-0.2, 0) is 4.79 Å². The first-order valence-corrected chi connectivity index (χ1v) is 9.05. The summed E-state index contributed by atoms with van der Waals surface area (Å²) in [5.74, 6) is 0.0967. The zero-order valence-corrected chi connectivity index (χ0v) is 15.5. The molecule has 0 aliphatic rings. The Morgan fingerprint density at radius 2 is 1.92 bits per heavy atom. The average molecular weight is 420 g/mol. The Morgan fingerprint density at radius 3 is 2.64 bits per heavy atom. The van der Waals surface area contributed by atoms with Crippen LogP contribution in [0.5, 0.6) is 5.75 Å². The molecule has 25 heavy (non-hydrogen) atoms. The van der Waals surface area contributed by atoms with Gasteiger partial charge in [-0.05, 0) is 43.3 Å². The van der Waals surface area contributed by atoms with E-state index in [0.29, 0.717) is 11.3 Å². The number of nitrogens with one attached hydrogen (secondary N) is 1. The number of amides is 1. The maximum Gasteiger partial charge on any atom is 0.277 e. The number of benzene rings is 2. The van der Waals surface area contributed by atoms with E-state index in [-0.39, 0.29) is 22.8 Å². The molecule has 0 saturated carbocycles. The lowest BCUT2D eigenvalue weighted by atomic mass is 10.2. The van der Waals surface area contributed by atoms with Crippen molar-refractivity contribution in [2.24, 2.45) is 0 Å². The van der Waals surface area contributed by atoms with Crippen LogP contribution in [-0.4, -0.2) is 26.5 Å². The SMILES string of the molecule is C[C@H](Sc1nnc(-c2ccccc2O)o1)C(=O)Nc1ccc(Br)cc1. The Balaban J connectivity index is 1.65. The standard InChI is InChI=1S/C17H14BrN3O3S/c1-10(15(23)19-12-8-6-11(18)7-9-12)25-17-21-20-16(24-17)13-4-2-3-5-14(13)22/h2-10,22H,1H3,(H,19,23)/t10-/m0/s1. The van der Waals surface area contributed by atoms with Gasteiger partial charge in [0.25, 0.3) is 11.1 Å². The van der Waals surface area contributed by atoms with Crippen LogP contribution in [0.2, 0.25) is 0 Å². The van der Waals surface area contributed by atoms with Gasteiger partial charge in [-0.1, -0.05) is 39.8 Å². The van der Waals surface area contributed by atoms with E-state index in [4.69, 9.17) is 4.42 Å². The Morgan fingerprint density at radius 1 is 1.20 bits per heavy atom. The summed E-state index contributed by atoms with van der Waals surface area (Å²) in [4.78, 5) is 12.3. The summed E-state index contributed by atoms with van der Waals surface area (Å²) in [6.07, 6.45) is 0. The van der Waals surface area contributed by atoms with Crippen LogP contribution < -0.4 is 5.32 Å². The van der Waals surface area contributed by atoms with Crippen molar-refractivity contribution in [3.05, 3.63) is 53.0 Å². The van der Waals surface area contributed by atoms with Gasteiger partial charge in [0.1, 0.15) is 5.75 Å². The molecule has 1 heterocycles. The predicted molar refractivity (Wildman–Crippen MR) is 99.5 cm³/mol. The highest BCUT2D eigenvalue weighted by atomic mass is 79.9. The van der Waals surface area contributed by atoms with Gasteiger partial charge in [0, 0.05) is 10.2 Å². The lowest BCUT2D eigenvalue weighted by Gasteiger charge is -2.09. The van der Waals surface area contributed by atoms with Crippen LogP contribution in [0.1, 0.15) is 6.92 Å². The van der Waals surface area contributed by atoms with Gasteiger partial charge in [0.2, 0.25) is 5.91 Å². The fourth-order valence-electron chi connectivity index (χ4n) is 2.00. The van der Waals surface area contributed by atoms with E-state index >= 15 is 0 Å². The predicted octanol–water partition coefficient (Wildman–Crippen LogP) is 4.32. The molecule has 3 aromatic rings. The van der Waals surface area contributed by atoms with Crippen LogP contribution >= 0.6 is 27.7 Å². The molecular weight excluding hydrogens is 406 g/mol. The molecule has 2 aromatic carbocycles. The molecule has 0 fully saturated rings. The average Bonchev–Trinajstić information content (AvgIpc) is 3.05. The number of para-hydroxylation sites is 1. The Kier molecular flexibility index (Phi) is 5.40. The van der Waals surface area contributed by atoms with Crippen LogP contribution in [0, 0.1) is 0 Å². The number of carbonyl (C=O) groups is 1. The number of phenols is 1. The van der Waals surface area contributed by atoms with E-state index in [2.05, 4.69) is 31.4 Å². The molecule has 0 saturated heterocycles. The van der Waals surface area contributed by atoms with Gasteiger partial charge in [0.15, 0.2) is 0 Å². The quantitative estimate of drug-likeness (QED) is 0.598. The Hall–Kier alpha value is -2.32. The molecule has 1 atom stereocenters. The minimum Gasteiger partial charge on any atom is -0.507 e. The number of hydrogen-bond acceptors (Lipinski definition) is 6. The molecule has 1 aromatic heterocycles. The number of aromatic nitrogens is 2. The number of rotatable bonds is 5. The van der Waals surface area contributed by atoms with E-state index in [1.54, 1.807) is 31.2 Å². The van der Waals surface area contributed by atoms with Gasteiger partial charge in [-0.3, -0.25) is 4.79 Å². The summed E-state index contributed by atoms with van der Waals surface area (Å²) in [5, 5.41) is 20.3. The van der Waals surface area contributed by atoms with Crippen LogP contribution in [0.3, 0.4) is 0 Å². The molecule has 0 aliphatic heterocycles. The molecule has 8 heteroatoms. The summed E-state index contributed by atoms with van der Waals surface area (Å²) < 4.78 is 6.47. The number of carbonyl (C=O) groups excluding carboxylic acids is 1. The number of nitrogens with zero attached hydrogens (tertiary/aromatic N) is 2. The number of hydrogen-bond donors (Lipinski definition) is 2. The van der Waals surface area contributed by atoms with Crippen molar-refractivity contribution in [3.8, 4) is 17.2 Å². The van der Waals surface area contributed by atoms with Gasteiger partial charge in [0.05, 0.1) is 10.8 Å². The van der Waals surface area contributed by atoms with Gasteiger partial charge in [-0.2, -0.15) is 0 Å². The first kappa shape index (κ1) is 17.5. The lowest BCUT2D eigenvalue weighted by Crippen LogP contribution is -2.22. The number of aromatic hydroxyl groups is 1. The zero-order chi connectivity index (χ0) is 17.8. The molecule has 1 amide bonds. The third kappa shape index (κ3) is 4.40. The van der Waals surface area contributed by atoms with Crippen molar-refractivity contribution < 1.29 is 14.3 Å². The van der Waals surface area contributed by atoms with Gasteiger partial charge < -0.3 is 14.8 Å². The molecule has 2 N–H and O–H groups in total. The normalized spacial score (nSPS) is 11.9. The van der Waals surface area contributed by atoms with Crippen LogP contribution in [0.25, 0.3) is 11.5 Å². The smallest absolute Gasteiger partial charge is 0.277 e. The molecular formula is C17H14BrN3O3S. The number of halogens is 1. The van der Waals surface area contributed by atoms with Crippen molar-refractivity contribution in [3.63, 3.8) is 0 Å². The number of phenolic OH excluding ortho intramolecular Hbond substituents is 1. The molecule has 3 rings (SSSR count). The highest BCUT2D eigenvalue weighted by molar-refractivity contribution is 9.10. The van der Waals surface area contributed by atoms with Crippen molar-refractivity contribution in [1.82, 2.24) is 10.2 Å². The van der Waals surface area contributed by atoms with Crippen molar-refractivity contribution >= 4 is 39.3 Å². The van der Waals surface area contributed by atoms with Gasteiger partial charge in [-0.15, -0.1) is 10.2 Å². The first-order valence-electron chi connectivity index (χ1n) is 7.38. The minimum atomic E-state index is -0.429. The first-order chi connectivity index (χ1) is 12.0. The van der Waals surface area contributed by atoms with Crippen LogP contribution in [0.15, 0.2) is 62.6 Å². The highest BCUT2D eigenvalue weighted by Crippen LogP contribution is 2.31. The summed E-state index contributed by atoms with van der Waals surface area (Å²) in [5.41, 5.74) is 1.16. The molecule has 128 valence electrons. The third-order valence-corrected chi connectivity index (χ3v) is 4.76. The molecule has 0 bridgehead atoms. The molecule has 0 radical (unpaired) electrons. The fourth-order valence-corrected chi connectivity index (χ4v) is 2.95. The second-order valence-corrected chi connectivity index (χ2v) is 7.35. The van der Waals surface area contributed by atoms with E-state index in [0.717, 1.165) is 16.2 Å². The summed E-state index contributed by atoms with van der Waals surface area (Å²) in [7, 11) is 0. The molecule has 6 nitrogen and oxygen atoms in total. The summed E-state index contributed by atoms with van der Waals surface area (Å²) in [6, 6.07) is 14.0. The summed E-state index contributed by atoms with van der Waals surface area (Å²) >= 11 is 4.50. The second kappa shape index (κ2) is 7.71. The van der Waals surface area contributed by atoms with E-state index in [9.17, 15) is 9.90 Å². The maximum absolute atomic E-state index is 12.3. The molecule has 0 unspecified atom stereocenters. The highest BCUT2D eigenvalue weighted by Gasteiger charge is 2.19. The second-order valence-electron chi connectivity index (χ2n) is 5.15. The van der Waals surface area contributed by atoms with Crippen molar-refractivity contribution in [1.29, 1.82) is 0 Å². The largest absolute Gasteiger partial charge is 0.507 e. The minimum absolute atomic E-state index is 0.0590.